The Morgan fingerprint density at radius 3 is 2.48 bits per heavy atom. The van der Waals surface area contributed by atoms with E-state index in [9.17, 15) is 15.2 Å². The lowest BCUT2D eigenvalue weighted by atomic mass is 9.92. The smallest absolute Gasteiger partial charge is 0.271 e. The van der Waals surface area contributed by atoms with Crippen LogP contribution in [0.3, 0.4) is 0 Å². The first-order valence-corrected chi connectivity index (χ1v) is 6.65. The Balaban J connectivity index is 2.37. The quantitative estimate of drug-likeness (QED) is 0.653. The molecule has 0 fully saturated rings. The highest BCUT2D eigenvalue weighted by Crippen LogP contribution is 2.28. The third kappa shape index (κ3) is 3.38. The van der Waals surface area contributed by atoms with Crippen LogP contribution < -0.4 is 5.32 Å². The number of non-ortho nitro benzene ring substituents is 1. The van der Waals surface area contributed by atoms with Gasteiger partial charge in [0.05, 0.1) is 17.1 Å². The summed E-state index contributed by atoms with van der Waals surface area (Å²) in [6.45, 7) is 3.53. The second kappa shape index (κ2) is 5.93. The molecule has 5 heteroatoms. The summed E-state index contributed by atoms with van der Waals surface area (Å²) in [5.41, 5.74) is 1.65. The summed E-state index contributed by atoms with van der Waals surface area (Å²) in [5, 5.41) is 23.9. The van der Waals surface area contributed by atoms with Crippen LogP contribution in [0.2, 0.25) is 0 Å². The Morgan fingerprint density at radius 1 is 1.24 bits per heavy atom. The number of nitrogens with zero attached hydrogens (tertiary/aromatic N) is 1. The van der Waals surface area contributed by atoms with Crippen LogP contribution in [0.5, 0.6) is 0 Å². The van der Waals surface area contributed by atoms with E-state index in [1.54, 1.807) is 6.92 Å². The van der Waals surface area contributed by atoms with Crippen LogP contribution in [-0.4, -0.2) is 16.6 Å². The number of nitro groups is 1. The Hall–Kier alpha value is -2.40. The second-order valence-electron chi connectivity index (χ2n) is 5.30. The second-order valence-corrected chi connectivity index (χ2v) is 5.30. The van der Waals surface area contributed by atoms with E-state index in [4.69, 9.17) is 0 Å². The Bertz CT molecular complexity index is 643. The number of anilines is 1. The largest absolute Gasteiger partial charge is 0.394 e. The van der Waals surface area contributed by atoms with E-state index in [1.165, 1.54) is 12.1 Å². The van der Waals surface area contributed by atoms with Crippen molar-refractivity contribution in [3.05, 3.63) is 69.8 Å². The van der Waals surface area contributed by atoms with Gasteiger partial charge in [0, 0.05) is 17.8 Å². The van der Waals surface area contributed by atoms with Gasteiger partial charge in [0.25, 0.3) is 5.69 Å². The maximum Gasteiger partial charge on any atom is 0.271 e. The minimum Gasteiger partial charge on any atom is -0.394 e. The van der Waals surface area contributed by atoms with Gasteiger partial charge < -0.3 is 10.4 Å². The van der Waals surface area contributed by atoms with E-state index in [0.29, 0.717) is 5.69 Å². The number of rotatable bonds is 5. The number of aliphatic hydroxyl groups excluding tert-OH is 1. The fraction of sp³-hybridized carbons (Fsp3) is 0.250. The van der Waals surface area contributed by atoms with Gasteiger partial charge in [0.1, 0.15) is 0 Å². The van der Waals surface area contributed by atoms with Gasteiger partial charge in [-0.15, -0.1) is 0 Å². The molecule has 1 atom stereocenters. The molecule has 5 nitrogen and oxygen atoms in total. The minimum atomic E-state index is -0.705. The molecule has 0 amide bonds. The lowest BCUT2D eigenvalue weighted by Crippen LogP contribution is -2.35. The molecule has 0 aliphatic carbocycles. The predicted molar refractivity (Wildman–Crippen MR) is 82.3 cm³/mol. The van der Waals surface area contributed by atoms with E-state index >= 15 is 0 Å². The third-order valence-corrected chi connectivity index (χ3v) is 3.42. The molecular formula is C16H18N2O3. The maximum absolute atomic E-state index is 10.9. The highest BCUT2D eigenvalue weighted by Gasteiger charge is 2.26. The van der Waals surface area contributed by atoms with Crippen molar-refractivity contribution < 1.29 is 10.0 Å². The van der Waals surface area contributed by atoms with Gasteiger partial charge in [-0.25, -0.2) is 0 Å². The van der Waals surface area contributed by atoms with Crippen molar-refractivity contribution in [2.24, 2.45) is 0 Å². The summed E-state index contributed by atoms with van der Waals surface area (Å²) in [6, 6.07) is 14.3. The first kappa shape index (κ1) is 15.0. The molecule has 0 spiro atoms. The Kier molecular flexibility index (Phi) is 4.23. The van der Waals surface area contributed by atoms with Crippen molar-refractivity contribution in [1.29, 1.82) is 0 Å². The Labute approximate surface area is 123 Å². The average molecular weight is 286 g/mol. The van der Waals surface area contributed by atoms with Crippen LogP contribution in [0.4, 0.5) is 11.4 Å². The van der Waals surface area contributed by atoms with Crippen molar-refractivity contribution in [1.82, 2.24) is 0 Å². The van der Waals surface area contributed by atoms with Crippen LogP contribution in [0, 0.1) is 17.0 Å². The van der Waals surface area contributed by atoms with Crippen molar-refractivity contribution in [2.75, 3.05) is 11.9 Å². The average Bonchev–Trinajstić information content (AvgIpc) is 2.47. The fourth-order valence-corrected chi connectivity index (χ4v) is 2.27. The van der Waals surface area contributed by atoms with Crippen molar-refractivity contribution in [3.63, 3.8) is 0 Å². The number of nitrogens with one attached hydrogen (secondary N) is 1. The molecule has 2 rings (SSSR count). The van der Waals surface area contributed by atoms with Gasteiger partial charge in [0.2, 0.25) is 0 Å². The molecule has 2 aromatic rings. The van der Waals surface area contributed by atoms with Crippen LogP contribution >= 0.6 is 0 Å². The van der Waals surface area contributed by atoms with Crippen LogP contribution in [-0.2, 0) is 5.54 Å². The number of aliphatic hydroxyl groups is 1. The van der Waals surface area contributed by atoms with Crippen LogP contribution in [0.15, 0.2) is 48.5 Å². The van der Waals surface area contributed by atoms with Crippen molar-refractivity contribution in [3.8, 4) is 0 Å². The zero-order valence-electron chi connectivity index (χ0n) is 12.0. The maximum atomic E-state index is 10.9. The van der Waals surface area contributed by atoms with Gasteiger partial charge in [0.15, 0.2) is 0 Å². The summed E-state index contributed by atoms with van der Waals surface area (Å²) in [7, 11) is 0. The molecule has 21 heavy (non-hydrogen) atoms. The molecule has 0 aromatic heterocycles. The van der Waals surface area contributed by atoms with Gasteiger partial charge in [-0.2, -0.15) is 0 Å². The van der Waals surface area contributed by atoms with E-state index in [1.807, 2.05) is 43.3 Å². The van der Waals surface area contributed by atoms with E-state index in [2.05, 4.69) is 5.32 Å². The SMILES string of the molecule is Cc1cc(NC(C)(CO)c2ccccc2)cc([N+](=O)[O-])c1. The molecule has 0 radical (unpaired) electrons. The topological polar surface area (TPSA) is 75.4 Å². The molecule has 0 aliphatic rings. The van der Waals surface area contributed by atoms with E-state index < -0.39 is 10.5 Å². The molecule has 110 valence electrons. The number of benzene rings is 2. The molecule has 1 unspecified atom stereocenters. The van der Waals surface area contributed by atoms with Crippen LogP contribution in [0.25, 0.3) is 0 Å². The molecular weight excluding hydrogens is 268 g/mol. The molecule has 0 heterocycles. The lowest BCUT2D eigenvalue weighted by Gasteiger charge is -2.30. The molecule has 0 bridgehead atoms. The van der Waals surface area contributed by atoms with Crippen molar-refractivity contribution in [2.45, 2.75) is 19.4 Å². The van der Waals surface area contributed by atoms with E-state index in [0.717, 1.165) is 11.1 Å². The van der Waals surface area contributed by atoms with Crippen LogP contribution in [0.1, 0.15) is 18.1 Å². The lowest BCUT2D eigenvalue weighted by molar-refractivity contribution is -0.384. The predicted octanol–water partition coefficient (Wildman–Crippen LogP) is 3.22. The van der Waals surface area contributed by atoms with Gasteiger partial charge in [-0.3, -0.25) is 10.1 Å². The van der Waals surface area contributed by atoms with E-state index in [-0.39, 0.29) is 12.3 Å². The Morgan fingerprint density at radius 2 is 1.90 bits per heavy atom. The molecule has 2 aromatic carbocycles. The first-order valence-electron chi connectivity index (χ1n) is 6.65. The fourth-order valence-electron chi connectivity index (χ4n) is 2.27. The summed E-state index contributed by atoms with van der Waals surface area (Å²) >= 11 is 0. The molecule has 0 saturated heterocycles. The van der Waals surface area contributed by atoms with Gasteiger partial charge in [-0.1, -0.05) is 30.3 Å². The monoisotopic (exact) mass is 286 g/mol. The first-order chi connectivity index (χ1) is 9.94. The van der Waals surface area contributed by atoms with Gasteiger partial charge >= 0.3 is 0 Å². The minimum absolute atomic E-state index is 0.0332. The highest BCUT2D eigenvalue weighted by atomic mass is 16.6. The number of hydrogen-bond donors (Lipinski definition) is 2. The highest BCUT2D eigenvalue weighted by molar-refractivity contribution is 5.56. The summed E-state index contributed by atoms with van der Waals surface area (Å²) < 4.78 is 0. The number of nitro benzene ring substituents is 1. The zero-order chi connectivity index (χ0) is 15.5. The summed E-state index contributed by atoms with van der Waals surface area (Å²) in [5.74, 6) is 0. The summed E-state index contributed by atoms with van der Waals surface area (Å²) in [6.07, 6.45) is 0. The van der Waals surface area contributed by atoms with Crippen molar-refractivity contribution >= 4 is 11.4 Å². The molecule has 0 aliphatic heterocycles. The normalized spacial score (nSPS) is 13.5. The molecule has 0 saturated carbocycles. The standard InChI is InChI=1S/C16H18N2O3/c1-12-8-14(10-15(9-12)18(20)21)17-16(2,11-19)13-6-4-3-5-7-13/h3-10,17,19H,11H2,1-2H3. The number of aryl methyl sites for hydroxylation is 1. The number of hydrogen-bond acceptors (Lipinski definition) is 4. The molecule has 2 N–H and O–H groups in total. The van der Waals surface area contributed by atoms with Gasteiger partial charge in [-0.05, 0) is 31.0 Å². The summed E-state index contributed by atoms with van der Waals surface area (Å²) in [4.78, 5) is 10.5. The zero-order valence-corrected chi connectivity index (χ0v) is 12.0. The third-order valence-electron chi connectivity index (χ3n) is 3.42.